The Balaban J connectivity index is 2.32. The molecule has 3 heteroatoms. The number of carbonyl (C=O) groups is 1. The van der Waals surface area contributed by atoms with Crippen molar-refractivity contribution in [2.24, 2.45) is 0 Å². The summed E-state index contributed by atoms with van der Waals surface area (Å²) in [4.78, 5) is 11.6. The van der Waals surface area contributed by atoms with E-state index in [2.05, 4.69) is 17.6 Å². The second-order valence-corrected chi connectivity index (χ2v) is 3.86. The normalized spacial score (nSPS) is 10.1. The first-order valence-corrected chi connectivity index (χ1v) is 5.80. The molecule has 0 unspecified atom stereocenters. The van der Waals surface area contributed by atoms with Crippen LogP contribution in [0.2, 0.25) is 0 Å². The van der Waals surface area contributed by atoms with Gasteiger partial charge in [-0.25, -0.2) is 0 Å². The van der Waals surface area contributed by atoms with E-state index in [1.165, 1.54) is 0 Å². The Bertz CT molecular complexity index is 336. The molecule has 0 aliphatic carbocycles. The highest BCUT2D eigenvalue weighted by molar-refractivity contribution is 5.91. The van der Waals surface area contributed by atoms with Gasteiger partial charge in [0.1, 0.15) is 0 Å². The van der Waals surface area contributed by atoms with Crippen LogP contribution in [0.4, 0.5) is 5.69 Å². The Kier molecular flexibility index (Phi) is 5.57. The third-order valence-corrected chi connectivity index (χ3v) is 2.37. The number of nitrogens with one attached hydrogen (secondary N) is 2. The van der Waals surface area contributed by atoms with Gasteiger partial charge in [-0.3, -0.25) is 4.79 Å². The summed E-state index contributed by atoms with van der Waals surface area (Å²) in [7, 11) is 0. The lowest BCUT2D eigenvalue weighted by Gasteiger charge is -2.08. The van der Waals surface area contributed by atoms with Gasteiger partial charge in [-0.2, -0.15) is 0 Å². The number of hydrogen-bond acceptors (Lipinski definition) is 2. The SMILES string of the molecule is CCCNCCC(=O)Nc1ccccc1C. The number of carbonyl (C=O) groups excluding carboxylic acids is 1. The fourth-order valence-electron chi connectivity index (χ4n) is 1.43. The Hall–Kier alpha value is -1.35. The molecule has 88 valence electrons. The van der Waals surface area contributed by atoms with E-state index in [0.717, 1.165) is 30.8 Å². The van der Waals surface area contributed by atoms with E-state index < -0.39 is 0 Å². The molecule has 1 aromatic rings. The number of hydrogen-bond donors (Lipinski definition) is 2. The van der Waals surface area contributed by atoms with E-state index in [9.17, 15) is 4.79 Å². The van der Waals surface area contributed by atoms with Crippen LogP contribution in [0.3, 0.4) is 0 Å². The summed E-state index contributed by atoms with van der Waals surface area (Å²) in [5, 5.41) is 6.11. The summed E-state index contributed by atoms with van der Waals surface area (Å²) in [6.07, 6.45) is 1.62. The maximum absolute atomic E-state index is 11.6. The molecule has 0 aliphatic heterocycles. The van der Waals surface area contributed by atoms with Crippen molar-refractivity contribution in [2.75, 3.05) is 18.4 Å². The molecule has 0 saturated heterocycles. The predicted octanol–water partition coefficient (Wildman–Crippen LogP) is 2.32. The highest BCUT2D eigenvalue weighted by Crippen LogP contribution is 2.12. The quantitative estimate of drug-likeness (QED) is 0.722. The van der Waals surface area contributed by atoms with Gasteiger partial charge in [0, 0.05) is 18.7 Å². The first-order valence-electron chi connectivity index (χ1n) is 5.80. The summed E-state index contributed by atoms with van der Waals surface area (Å²) in [6.45, 7) is 5.81. The Morgan fingerprint density at radius 3 is 2.69 bits per heavy atom. The lowest BCUT2D eigenvalue weighted by atomic mass is 10.2. The van der Waals surface area contributed by atoms with Crippen molar-refractivity contribution in [2.45, 2.75) is 26.7 Å². The van der Waals surface area contributed by atoms with Gasteiger partial charge < -0.3 is 10.6 Å². The van der Waals surface area contributed by atoms with Gasteiger partial charge >= 0.3 is 0 Å². The number of aryl methyl sites for hydroxylation is 1. The monoisotopic (exact) mass is 220 g/mol. The topological polar surface area (TPSA) is 41.1 Å². The Labute approximate surface area is 97.2 Å². The fraction of sp³-hybridized carbons (Fsp3) is 0.462. The molecule has 0 heterocycles. The summed E-state index contributed by atoms with van der Waals surface area (Å²) in [6, 6.07) is 7.81. The highest BCUT2D eigenvalue weighted by Gasteiger charge is 2.03. The number of para-hydroxylation sites is 1. The van der Waals surface area contributed by atoms with Crippen LogP contribution < -0.4 is 10.6 Å². The van der Waals surface area contributed by atoms with E-state index in [1.807, 2.05) is 31.2 Å². The van der Waals surface area contributed by atoms with Crippen LogP contribution in [0.15, 0.2) is 24.3 Å². The summed E-state index contributed by atoms with van der Waals surface area (Å²) in [5.41, 5.74) is 2.00. The highest BCUT2D eigenvalue weighted by atomic mass is 16.1. The van der Waals surface area contributed by atoms with Crippen LogP contribution in [0.25, 0.3) is 0 Å². The van der Waals surface area contributed by atoms with E-state index in [4.69, 9.17) is 0 Å². The zero-order valence-electron chi connectivity index (χ0n) is 10.0. The van der Waals surface area contributed by atoms with Crippen molar-refractivity contribution < 1.29 is 4.79 Å². The molecule has 1 aromatic carbocycles. The fourth-order valence-corrected chi connectivity index (χ4v) is 1.43. The molecule has 16 heavy (non-hydrogen) atoms. The molecular weight excluding hydrogens is 200 g/mol. The van der Waals surface area contributed by atoms with Gasteiger partial charge in [-0.05, 0) is 31.5 Å². The maximum atomic E-state index is 11.6. The third kappa shape index (κ3) is 4.45. The second kappa shape index (κ2) is 7.01. The number of benzene rings is 1. The largest absolute Gasteiger partial charge is 0.326 e. The van der Waals surface area contributed by atoms with Crippen LogP contribution in [0, 0.1) is 6.92 Å². The van der Waals surface area contributed by atoms with Crippen LogP contribution in [-0.4, -0.2) is 19.0 Å². The lowest BCUT2D eigenvalue weighted by Crippen LogP contribution is -2.22. The average Bonchev–Trinajstić information content (AvgIpc) is 2.28. The molecule has 0 aromatic heterocycles. The molecule has 2 N–H and O–H groups in total. The van der Waals surface area contributed by atoms with Crippen LogP contribution in [0.5, 0.6) is 0 Å². The van der Waals surface area contributed by atoms with Gasteiger partial charge in [-0.15, -0.1) is 0 Å². The average molecular weight is 220 g/mol. The smallest absolute Gasteiger partial charge is 0.225 e. The second-order valence-electron chi connectivity index (χ2n) is 3.86. The van der Waals surface area contributed by atoms with Crippen molar-refractivity contribution in [3.8, 4) is 0 Å². The van der Waals surface area contributed by atoms with Crippen molar-refractivity contribution in [3.05, 3.63) is 29.8 Å². The molecule has 1 amide bonds. The van der Waals surface area contributed by atoms with Crippen molar-refractivity contribution >= 4 is 11.6 Å². The van der Waals surface area contributed by atoms with Gasteiger partial charge in [0.15, 0.2) is 0 Å². The molecule has 0 atom stereocenters. The lowest BCUT2D eigenvalue weighted by molar-refractivity contribution is -0.116. The zero-order chi connectivity index (χ0) is 11.8. The first-order chi connectivity index (χ1) is 7.74. The molecule has 0 bridgehead atoms. The van der Waals surface area contributed by atoms with Gasteiger partial charge in [-0.1, -0.05) is 25.1 Å². The Morgan fingerprint density at radius 2 is 2.00 bits per heavy atom. The molecule has 0 radical (unpaired) electrons. The van der Waals surface area contributed by atoms with E-state index in [0.29, 0.717) is 6.42 Å². The summed E-state index contributed by atoms with van der Waals surface area (Å²) in [5.74, 6) is 0.0675. The molecule has 0 saturated carbocycles. The van der Waals surface area contributed by atoms with Crippen LogP contribution in [-0.2, 0) is 4.79 Å². The molecule has 0 spiro atoms. The Morgan fingerprint density at radius 1 is 1.25 bits per heavy atom. The molecule has 1 rings (SSSR count). The van der Waals surface area contributed by atoms with Gasteiger partial charge in [0.2, 0.25) is 5.91 Å². The van der Waals surface area contributed by atoms with Crippen LogP contribution >= 0.6 is 0 Å². The number of rotatable bonds is 6. The van der Waals surface area contributed by atoms with Gasteiger partial charge in [0.25, 0.3) is 0 Å². The molecule has 0 aliphatic rings. The van der Waals surface area contributed by atoms with Crippen molar-refractivity contribution in [3.63, 3.8) is 0 Å². The molecule has 0 fully saturated rings. The first kappa shape index (κ1) is 12.7. The van der Waals surface area contributed by atoms with Gasteiger partial charge in [0.05, 0.1) is 0 Å². The van der Waals surface area contributed by atoms with E-state index in [1.54, 1.807) is 0 Å². The van der Waals surface area contributed by atoms with E-state index in [-0.39, 0.29) is 5.91 Å². The maximum Gasteiger partial charge on any atom is 0.225 e. The summed E-state index contributed by atoms with van der Waals surface area (Å²) >= 11 is 0. The molecule has 3 nitrogen and oxygen atoms in total. The third-order valence-electron chi connectivity index (χ3n) is 2.37. The minimum atomic E-state index is 0.0675. The van der Waals surface area contributed by atoms with Crippen molar-refractivity contribution in [1.29, 1.82) is 0 Å². The molecular formula is C13H20N2O. The predicted molar refractivity (Wildman–Crippen MR) is 67.6 cm³/mol. The standard InChI is InChI=1S/C13H20N2O/c1-3-9-14-10-8-13(16)15-12-7-5-4-6-11(12)2/h4-7,14H,3,8-10H2,1-2H3,(H,15,16). The number of amides is 1. The van der Waals surface area contributed by atoms with E-state index >= 15 is 0 Å². The minimum absolute atomic E-state index is 0.0675. The van der Waals surface area contributed by atoms with Crippen molar-refractivity contribution in [1.82, 2.24) is 5.32 Å². The minimum Gasteiger partial charge on any atom is -0.326 e. The summed E-state index contributed by atoms with van der Waals surface area (Å²) < 4.78 is 0. The number of anilines is 1. The van der Waals surface area contributed by atoms with Crippen LogP contribution in [0.1, 0.15) is 25.3 Å². The zero-order valence-corrected chi connectivity index (χ0v) is 10.0.